The van der Waals surface area contributed by atoms with Crippen molar-refractivity contribution in [3.05, 3.63) is 29.8 Å². The number of amides is 1. The number of sulfonamides is 1. The average Bonchev–Trinajstić information content (AvgIpc) is 2.68. The van der Waals surface area contributed by atoms with E-state index in [9.17, 15) is 13.2 Å². The first-order chi connectivity index (χ1) is 12.8. The topological polar surface area (TPSA) is 83.7 Å². The second-order valence-electron chi connectivity index (χ2n) is 8.01. The summed E-state index contributed by atoms with van der Waals surface area (Å²) in [7, 11) is -3.48. The van der Waals surface area contributed by atoms with Crippen molar-refractivity contribution in [3.63, 3.8) is 0 Å². The summed E-state index contributed by atoms with van der Waals surface area (Å²) in [6.45, 7) is 6.32. The van der Waals surface area contributed by atoms with E-state index in [4.69, 9.17) is 5.73 Å². The minimum Gasteiger partial charge on any atom is -0.342 e. The first kappa shape index (κ1) is 23.1. The highest BCUT2D eigenvalue weighted by Crippen LogP contribution is 2.27. The molecule has 2 heterocycles. The Morgan fingerprint density at radius 2 is 1.57 bits per heavy atom. The second kappa shape index (κ2) is 9.57. The molecule has 0 saturated carbocycles. The van der Waals surface area contributed by atoms with Crippen LogP contribution in [0.4, 0.5) is 0 Å². The number of piperidine rings is 2. The Morgan fingerprint density at radius 1 is 1.04 bits per heavy atom. The Balaban J connectivity index is 0.00000280. The predicted molar refractivity (Wildman–Crippen MR) is 113 cm³/mol. The normalized spacial score (nSPS) is 21.2. The fourth-order valence-electron chi connectivity index (χ4n) is 4.11. The summed E-state index contributed by atoms with van der Waals surface area (Å²) in [6.07, 6.45) is 3.11. The molecule has 0 aliphatic carbocycles. The van der Waals surface area contributed by atoms with Crippen molar-refractivity contribution in [1.29, 1.82) is 0 Å². The number of nitrogens with two attached hydrogens (primary N) is 1. The third-order valence-electron chi connectivity index (χ3n) is 6.06. The largest absolute Gasteiger partial charge is 0.342 e. The Labute approximate surface area is 174 Å². The predicted octanol–water partition coefficient (Wildman–Crippen LogP) is 2.40. The molecule has 6 nitrogen and oxygen atoms in total. The summed E-state index contributed by atoms with van der Waals surface area (Å²) in [4.78, 5) is 15.1. The summed E-state index contributed by atoms with van der Waals surface area (Å²) in [5.41, 5.74) is 7.01. The smallest absolute Gasteiger partial charge is 0.243 e. The highest BCUT2D eigenvalue weighted by Gasteiger charge is 2.35. The van der Waals surface area contributed by atoms with E-state index in [1.54, 1.807) is 12.1 Å². The van der Waals surface area contributed by atoms with E-state index >= 15 is 0 Å². The molecule has 0 aromatic heterocycles. The monoisotopic (exact) mass is 429 g/mol. The fourth-order valence-corrected chi connectivity index (χ4v) is 5.58. The summed E-state index contributed by atoms with van der Waals surface area (Å²) in [6, 6.07) is 7.12. The lowest BCUT2D eigenvalue weighted by molar-refractivity contribution is -0.138. The molecule has 1 aromatic rings. The number of hydrogen-bond acceptors (Lipinski definition) is 4. The van der Waals surface area contributed by atoms with Gasteiger partial charge in [-0.15, -0.1) is 12.4 Å². The Morgan fingerprint density at radius 3 is 2.07 bits per heavy atom. The van der Waals surface area contributed by atoms with Crippen LogP contribution >= 0.6 is 12.4 Å². The maximum atomic E-state index is 12.8. The van der Waals surface area contributed by atoms with Gasteiger partial charge in [0.25, 0.3) is 0 Å². The van der Waals surface area contributed by atoms with Crippen molar-refractivity contribution in [2.75, 3.05) is 26.2 Å². The standard InChI is InChI=1S/C20H31N3O3S.ClH/c1-15-3-5-19(6-4-15)27(25,26)23-13-9-18(10-14-23)20(24)22-11-7-17(8-12-22)16(2)21;/h3-6,16-18H,7-14,21H2,1-2H3;1H. The van der Waals surface area contributed by atoms with E-state index in [-0.39, 0.29) is 30.3 Å². The maximum Gasteiger partial charge on any atom is 0.243 e. The zero-order chi connectivity index (χ0) is 19.6. The van der Waals surface area contributed by atoms with Crippen LogP contribution in [0.3, 0.4) is 0 Å². The van der Waals surface area contributed by atoms with Gasteiger partial charge in [0.2, 0.25) is 15.9 Å². The third kappa shape index (κ3) is 5.06. The second-order valence-corrected chi connectivity index (χ2v) is 9.95. The molecule has 2 fully saturated rings. The Hall–Kier alpha value is -1.15. The van der Waals surface area contributed by atoms with Crippen molar-refractivity contribution < 1.29 is 13.2 Å². The van der Waals surface area contributed by atoms with Gasteiger partial charge in [0.1, 0.15) is 0 Å². The van der Waals surface area contributed by atoms with Crippen LogP contribution in [-0.2, 0) is 14.8 Å². The molecule has 2 saturated heterocycles. The van der Waals surface area contributed by atoms with E-state index in [0.717, 1.165) is 31.5 Å². The van der Waals surface area contributed by atoms with E-state index in [1.807, 2.05) is 30.9 Å². The molecule has 28 heavy (non-hydrogen) atoms. The molecule has 0 bridgehead atoms. The molecule has 2 aliphatic heterocycles. The van der Waals surface area contributed by atoms with E-state index in [0.29, 0.717) is 36.7 Å². The summed E-state index contributed by atoms with van der Waals surface area (Å²) < 4.78 is 27.1. The fraction of sp³-hybridized carbons (Fsp3) is 0.650. The van der Waals surface area contributed by atoms with Gasteiger partial charge in [-0.2, -0.15) is 4.31 Å². The third-order valence-corrected chi connectivity index (χ3v) is 7.97. The van der Waals surface area contributed by atoms with Gasteiger partial charge in [-0.1, -0.05) is 17.7 Å². The van der Waals surface area contributed by atoms with Crippen molar-refractivity contribution in [2.24, 2.45) is 17.6 Å². The molecule has 3 rings (SSSR count). The summed E-state index contributed by atoms with van der Waals surface area (Å²) in [5, 5.41) is 0. The van der Waals surface area contributed by atoms with Crippen LogP contribution in [0.25, 0.3) is 0 Å². The van der Waals surface area contributed by atoms with Crippen LogP contribution in [0, 0.1) is 18.8 Å². The van der Waals surface area contributed by atoms with Gasteiger partial charge in [0.15, 0.2) is 0 Å². The highest BCUT2D eigenvalue weighted by molar-refractivity contribution is 7.89. The number of aryl methyl sites for hydroxylation is 1. The maximum absolute atomic E-state index is 12.8. The van der Waals surface area contributed by atoms with Crippen LogP contribution in [0.15, 0.2) is 29.2 Å². The first-order valence-electron chi connectivity index (χ1n) is 9.90. The Kier molecular flexibility index (Phi) is 7.90. The number of hydrogen-bond donors (Lipinski definition) is 1. The lowest BCUT2D eigenvalue weighted by atomic mass is 9.89. The molecule has 1 aromatic carbocycles. The lowest BCUT2D eigenvalue weighted by Gasteiger charge is -2.37. The van der Waals surface area contributed by atoms with Gasteiger partial charge in [-0.3, -0.25) is 4.79 Å². The summed E-state index contributed by atoms with van der Waals surface area (Å²) in [5.74, 6) is 0.613. The number of carbonyl (C=O) groups excluding carboxylic acids is 1. The van der Waals surface area contributed by atoms with E-state index < -0.39 is 10.0 Å². The van der Waals surface area contributed by atoms with Crippen LogP contribution in [0.5, 0.6) is 0 Å². The van der Waals surface area contributed by atoms with Crippen molar-refractivity contribution in [1.82, 2.24) is 9.21 Å². The molecule has 8 heteroatoms. The van der Waals surface area contributed by atoms with Crippen molar-refractivity contribution >= 4 is 28.3 Å². The Bertz CT molecular complexity index is 751. The molecule has 1 atom stereocenters. The van der Waals surface area contributed by atoms with Gasteiger partial charge >= 0.3 is 0 Å². The molecular weight excluding hydrogens is 398 g/mol. The van der Waals surface area contributed by atoms with Gasteiger partial charge in [0.05, 0.1) is 4.90 Å². The van der Waals surface area contributed by atoms with Crippen molar-refractivity contribution in [3.8, 4) is 0 Å². The van der Waals surface area contributed by atoms with Crippen LogP contribution in [0.2, 0.25) is 0 Å². The number of benzene rings is 1. The number of halogens is 1. The summed E-state index contributed by atoms with van der Waals surface area (Å²) >= 11 is 0. The van der Waals surface area contributed by atoms with Gasteiger partial charge in [-0.05, 0) is 57.6 Å². The molecule has 2 N–H and O–H groups in total. The zero-order valence-electron chi connectivity index (χ0n) is 16.7. The number of carbonyl (C=O) groups is 1. The molecule has 2 aliphatic rings. The minimum atomic E-state index is -3.48. The van der Waals surface area contributed by atoms with Crippen LogP contribution in [0.1, 0.15) is 38.2 Å². The molecule has 158 valence electrons. The van der Waals surface area contributed by atoms with E-state index in [2.05, 4.69) is 0 Å². The molecule has 1 amide bonds. The number of rotatable bonds is 4. The van der Waals surface area contributed by atoms with Crippen LogP contribution in [-0.4, -0.2) is 55.8 Å². The first-order valence-corrected chi connectivity index (χ1v) is 11.3. The average molecular weight is 430 g/mol. The molecule has 0 spiro atoms. The van der Waals surface area contributed by atoms with Gasteiger partial charge in [0, 0.05) is 38.1 Å². The highest BCUT2D eigenvalue weighted by atomic mass is 35.5. The number of likely N-dealkylation sites (tertiary alicyclic amines) is 1. The SMILES string of the molecule is Cc1ccc(S(=O)(=O)N2CCC(C(=O)N3CCC(C(C)N)CC3)CC2)cc1.Cl. The van der Waals surface area contributed by atoms with Gasteiger partial charge in [-0.25, -0.2) is 8.42 Å². The van der Waals surface area contributed by atoms with E-state index in [1.165, 1.54) is 4.31 Å². The number of nitrogens with zero attached hydrogens (tertiary/aromatic N) is 2. The van der Waals surface area contributed by atoms with Crippen molar-refractivity contribution in [2.45, 2.75) is 50.5 Å². The van der Waals surface area contributed by atoms with Crippen LogP contribution < -0.4 is 5.73 Å². The molecule has 0 radical (unpaired) electrons. The lowest BCUT2D eigenvalue weighted by Crippen LogP contribution is -2.47. The molecule has 1 unspecified atom stereocenters. The minimum absolute atomic E-state index is 0. The molecular formula is C20H32ClN3O3S. The van der Waals surface area contributed by atoms with Gasteiger partial charge < -0.3 is 10.6 Å². The quantitative estimate of drug-likeness (QED) is 0.796. The zero-order valence-corrected chi connectivity index (χ0v) is 18.3.